The second-order valence-corrected chi connectivity index (χ2v) is 9.80. The van der Waals surface area contributed by atoms with Gasteiger partial charge in [-0.2, -0.15) is 0 Å². The molecule has 38 heavy (non-hydrogen) atoms. The molecule has 0 radical (unpaired) electrons. The molecular weight excluding hydrogens is 478 g/mol. The van der Waals surface area contributed by atoms with Crippen LogP contribution in [0.25, 0.3) is 33.2 Å². The van der Waals surface area contributed by atoms with E-state index in [2.05, 4.69) is 0 Å². The van der Waals surface area contributed by atoms with Gasteiger partial charge < -0.3 is 13.9 Å². The van der Waals surface area contributed by atoms with E-state index in [0.29, 0.717) is 27.8 Å². The van der Waals surface area contributed by atoms with Crippen molar-refractivity contribution in [2.24, 2.45) is 0 Å². The minimum absolute atomic E-state index is 0.120. The van der Waals surface area contributed by atoms with Gasteiger partial charge >= 0.3 is 5.97 Å². The minimum atomic E-state index is -0.576. The average Bonchev–Trinajstić information content (AvgIpc) is 2.92. The fourth-order valence-electron chi connectivity index (χ4n) is 5.45. The molecule has 0 saturated heterocycles. The molecule has 2 heterocycles. The molecule has 6 heteroatoms. The van der Waals surface area contributed by atoms with Gasteiger partial charge in [-0.15, -0.1) is 0 Å². The summed E-state index contributed by atoms with van der Waals surface area (Å²) in [7, 11) is 1.59. The molecule has 0 bridgehead atoms. The summed E-state index contributed by atoms with van der Waals surface area (Å²) in [6.45, 7) is 3.81. The van der Waals surface area contributed by atoms with Crippen LogP contribution in [-0.2, 0) is 12.8 Å². The number of pyridine rings is 1. The van der Waals surface area contributed by atoms with Crippen LogP contribution in [-0.4, -0.2) is 18.1 Å². The maximum absolute atomic E-state index is 14.0. The lowest BCUT2D eigenvalue weighted by molar-refractivity contribution is 0.0732. The molecule has 1 aliphatic rings. The summed E-state index contributed by atoms with van der Waals surface area (Å²) in [4.78, 5) is 32.7. The Balaban J connectivity index is 1.57. The quantitative estimate of drug-likeness (QED) is 0.252. The molecule has 0 fully saturated rings. The molecule has 0 amide bonds. The third kappa shape index (κ3) is 4.02. The summed E-state index contributed by atoms with van der Waals surface area (Å²) < 4.78 is 17.6. The van der Waals surface area contributed by atoms with Crippen LogP contribution < -0.4 is 14.9 Å². The topological polar surface area (TPSA) is 78.6 Å². The monoisotopic (exact) mass is 505 g/mol. The van der Waals surface area contributed by atoms with Crippen molar-refractivity contribution in [1.29, 1.82) is 0 Å². The van der Waals surface area contributed by atoms with Crippen LogP contribution in [0.5, 0.6) is 11.5 Å². The Morgan fingerprint density at radius 1 is 0.974 bits per heavy atom. The first-order valence-corrected chi connectivity index (χ1v) is 12.8. The zero-order valence-corrected chi connectivity index (χ0v) is 21.6. The summed E-state index contributed by atoms with van der Waals surface area (Å²) in [5, 5.41) is 1.12. The number of hydrogen-bond acceptors (Lipinski definition) is 6. The number of methoxy groups -OCH3 is 1. The molecule has 0 aliphatic heterocycles. The van der Waals surface area contributed by atoms with E-state index in [1.807, 2.05) is 50.2 Å². The van der Waals surface area contributed by atoms with Gasteiger partial charge in [-0.05, 0) is 92.6 Å². The second-order valence-electron chi connectivity index (χ2n) is 9.80. The number of esters is 1. The average molecular weight is 506 g/mol. The molecule has 190 valence electrons. The molecule has 5 aromatic rings. The van der Waals surface area contributed by atoms with Crippen LogP contribution in [0.2, 0.25) is 0 Å². The number of aromatic nitrogens is 1. The first-order valence-electron chi connectivity index (χ1n) is 12.8. The highest BCUT2D eigenvalue weighted by Gasteiger charge is 2.27. The van der Waals surface area contributed by atoms with E-state index < -0.39 is 5.97 Å². The number of rotatable bonds is 4. The maximum Gasteiger partial charge on any atom is 0.344 e. The molecule has 0 N–H and O–H groups in total. The Bertz CT molecular complexity index is 1780. The molecule has 6 nitrogen and oxygen atoms in total. The highest BCUT2D eigenvalue weighted by molar-refractivity contribution is 6.06. The van der Waals surface area contributed by atoms with E-state index in [4.69, 9.17) is 18.9 Å². The van der Waals surface area contributed by atoms with Crippen LogP contribution in [0.1, 0.15) is 45.6 Å². The summed E-state index contributed by atoms with van der Waals surface area (Å²) in [5.74, 6) is 0.172. The SMILES string of the molecule is COc1ccc(-c2oc3cc(C)cc(C)c3c(=O)c2OC(=O)c2c3c(nc4ccccc24)CCCC3)cc1. The number of nitrogens with zero attached hydrogens (tertiary/aromatic N) is 1. The van der Waals surface area contributed by atoms with Crippen molar-refractivity contribution in [2.75, 3.05) is 7.11 Å². The molecule has 0 atom stereocenters. The van der Waals surface area contributed by atoms with E-state index >= 15 is 0 Å². The number of ether oxygens (including phenoxy) is 2. The zero-order chi connectivity index (χ0) is 26.4. The van der Waals surface area contributed by atoms with Crippen molar-refractivity contribution in [3.63, 3.8) is 0 Å². The lowest BCUT2D eigenvalue weighted by Gasteiger charge is -2.20. The smallest absolute Gasteiger partial charge is 0.344 e. The third-order valence-electron chi connectivity index (χ3n) is 7.22. The predicted molar refractivity (Wildman–Crippen MR) is 147 cm³/mol. The largest absolute Gasteiger partial charge is 0.497 e. The van der Waals surface area contributed by atoms with Crippen molar-refractivity contribution in [3.05, 3.63) is 98.8 Å². The van der Waals surface area contributed by atoms with Gasteiger partial charge in [-0.25, -0.2) is 4.79 Å². The van der Waals surface area contributed by atoms with Crippen LogP contribution >= 0.6 is 0 Å². The summed E-state index contributed by atoms with van der Waals surface area (Å²) >= 11 is 0. The van der Waals surface area contributed by atoms with Crippen LogP contribution in [0, 0.1) is 13.8 Å². The lowest BCUT2D eigenvalue weighted by Crippen LogP contribution is -2.21. The number of hydrogen-bond donors (Lipinski definition) is 0. The standard InChI is InChI=1S/C32H27NO5/c1-18-16-19(2)27-26(17-18)37-30(20-12-14-21(36-3)15-13-20)31(29(27)34)38-32(35)28-22-8-4-6-10-24(22)33-25-11-7-5-9-23(25)28/h4,6,8,10,12-17H,5,7,9,11H2,1-3H3. The van der Waals surface area contributed by atoms with Gasteiger partial charge in [0.2, 0.25) is 11.2 Å². The maximum atomic E-state index is 14.0. The van der Waals surface area contributed by atoms with Gasteiger partial charge in [0.15, 0.2) is 5.76 Å². The van der Waals surface area contributed by atoms with Crippen LogP contribution in [0.3, 0.4) is 0 Å². The molecule has 0 saturated carbocycles. The molecular formula is C32H27NO5. The fraction of sp³-hybridized carbons (Fsp3) is 0.219. The molecule has 6 rings (SSSR count). The van der Waals surface area contributed by atoms with Crippen molar-refractivity contribution >= 4 is 27.8 Å². The number of benzene rings is 3. The van der Waals surface area contributed by atoms with Crippen molar-refractivity contribution in [1.82, 2.24) is 4.98 Å². The van der Waals surface area contributed by atoms with Crippen LogP contribution in [0.4, 0.5) is 0 Å². The summed E-state index contributed by atoms with van der Waals surface area (Å²) in [6.07, 6.45) is 3.56. The number of fused-ring (bicyclic) bond motifs is 3. The summed E-state index contributed by atoms with van der Waals surface area (Å²) in [6, 6.07) is 18.4. The van der Waals surface area contributed by atoms with E-state index in [9.17, 15) is 9.59 Å². The first kappa shape index (κ1) is 23.9. The molecule has 0 spiro atoms. The predicted octanol–water partition coefficient (Wildman–Crippen LogP) is 6.73. The van der Waals surface area contributed by atoms with E-state index in [-0.39, 0.29) is 16.9 Å². The molecule has 1 aliphatic carbocycles. The molecule has 0 unspecified atom stereocenters. The zero-order valence-electron chi connectivity index (χ0n) is 21.6. The van der Waals surface area contributed by atoms with E-state index in [1.54, 1.807) is 31.4 Å². The van der Waals surface area contributed by atoms with E-state index in [0.717, 1.165) is 59.0 Å². The number of para-hydroxylation sites is 1. The molecule has 2 aromatic heterocycles. The van der Waals surface area contributed by atoms with Crippen molar-refractivity contribution in [3.8, 4) is 22.8 Å². The highest BCUT2D eigenvalue weighted by Crippen LogP contribution is 2.35. The van der Waals surface area contributed by atoms with Gasteiger partial charge in [0, 0.05) is 16.6 Å². The van der Waals surface area contributed by atoms with Gasteiger partial charge in [-0.1, -0.05) is 24.3 Å². The first-order chi connectivity index (χ1) is 18.4. The minimum Gasteiger partial charge on any atom is -0.497 e. The Hall–Kier alpha value is -4.45. The van der Waals surface area contributed by atoms with Crippen LogP contribution in [0.15, 0.2) is 69.9 Å². The number of aryl methyl sites for hydroxylation is 3. The Kier molecular flexibility index (Phi) is 5.95. The number of carbonyl (C=O) groups excluding carboxylic acids is 1. The Morgan fingerprint density at radius 2 is 1.74 bits per heavy atom. The third-order valence-corrected chi connectivity index (χ3v) is 7.22. The van der Waals surface area contributed by atoms with Gasteiger partial charge in [-0.3, -0.25) is 9.78 Å². The normalized spacial score (nSPS) is 12.9. The Labute approximate surface area is 219 Å². The molecule has 3 aromatic carbocycles. The van der Waals surface area contributed by atoms with Gasteiger partial charge in [0.05, 0.1) is 23.6 Å². The van der Waals surface area contributed by atoms with Crippen molar-refractivity contribution < 1.29 is 18.7 Å². The van der Waals surface area contributed by atoms with E-state index in [1.165, 1.54) is 0 Å². The van der Waals surface area contributed by atoms with Gasteiger partial charge in [0.25, 0.3) is 0 Å². The van der Waals surface area contributed by atoms with Gasteiger partial charge in [0.1, 0.15) is 11.3 Å². The fourth-order valence-corrected chi connectivity index (χ4v) is 5.45. The summed E-state index contributed by atoms with van der Waals surface area (Å²) in [5.41, 5.74) is 5.46. The lowest BCUT2D eigenvalue weighted by atomic mass is 9.90. The van der Waals surface area contributed by atoms with Crippen molar-refractivity contribution in [2.45, 2.75) is 39.5 Å². The second kappa shape index (κ2) is 9.45. The highest BCUT2D eigenvalue weighted by atomic mass is 16.5. The Morgan fingerprint density at radius 3 is 2.53 bits per heavy atom. The number of carbonyl (C=O) groups is 1.